The van der Waals surface area contributed by atoms with E-state index in [0.717, 1.165) is 18.5 Å². The van der Waals surface area contributed by atoms with Gasteiger partial charge >= 0.3 is 5.97 Å². The third kappa shape index (κ3) is 6.55. The number of ether oxygens (including phenoxy) is 1. The molecule has 5 heteroatoms. The van der Waals surface area contributed by atoms with Gasteiger partial charge in [-0.2, -0.15) is 0 Å². The van der Waals surface area contributed by atoms with Gasteiger partial charge in [-0.3, -0.25) is 0 Å². The van der Waals surface area contributed by atoms with E-state index in [1.54, 1.807) is 25.1 Å². The molecule has 0 saturated heterocycles. The van der Waals surface area contributed by atoms with Crippen molar-refractivity contribution in [2.45, 2.75) is 32.7 Å². The van der Waals surface area contributed by atoms with Crippen LogP contribution in [0.2, 0.25) is 0 Å². The van der Waals surface area contributed by atoms with E-state index in [9.17, 15) is 4.79 Å². The van der Waals surface area contributed by atoms with E-state index in [1.165, 1.54) is 5.56 Å². The van der Waals surface area contributed by atoms with Crippen LogP contribution >= 0.6 is 12.2 Å². The summed E-state index contributed by atoms with van der Waals surface area (Å²) in [4.78, 5) is 11.8. The molecule has 0 aliphatic heterocycles. The maximum absolute atomic E-state index is 11.8. The van der Waals surface area contributed by atoms with Crippen molar-refractivity contribution in [2.75, 3.05) is 11.9 Å². The summed E-state index contributed by atoms with van der Waals surface area (Å²) in [5.41, 5.74) is 2.59. The van der Waals surface area contributed by atoms with Crippen LogP contribution in [-0.2, 0) is 11.2 Å². The lowest BCUT2D eigenvalue weighted by Crippen LogP contribution is -2.36. The number of rotatable bonds is 7. The normalized spacial score (nSPS) is 11.4. The third-order valence-electron chi connectivity index (χ3n) is 3.72. The Kier molecular flexibility index (Phi) is 7.41. The SMILES string of the molecule is CCOC(=O)c1cccc(NC(=S)N[C@H](C)CCc2ccccc2)c1. The van der Waals surface area contributed by atoms with Gasteiger partial charge in [-0.05, 0) is 62.7 Å². The van der Waals surface area contributed by atoms with Crippen molar-refractivity contribution < 1.29 is 9.53 Å². The van der Waals surface area contributed by atoms with Crippen molar-refractivity contribution in [1.29, 1.82) is 0 Å². The van der Waals surface area contributed by atoms with E-state index >= 15 is 0 Å². The molecule has 0 aliphatic rings. The highest BCUT2D eigenvalue weighted by atomic mass is 32.1. The Morgan fingerprint density at radius 3 is 2.64 bits per heavy atom. The van der Waals surface area contributed by atoms with Gasteiger partial charge in [-0.25, -0.2) is 4.79 Å². The molecule has 2 rings (SSSR count). The standard InChI is InChI=1S/C20H24N2O2S/c1-3-24-19(23)17-10-7-11-18(14-17)22-20(25)21-15(2)12-13-16-8-5-4-6-9-16/h4-11,14-15H,3,12-13H2,1-2H3,(H2,21,22,25)/t15-/m1/s1. The highest BCUT2D eigenvalue weighted by molar-refractivity contribution is 7.80. The molecule has 0 spiro atoms. The fourth-order valence-electron chi connectivity index (χ4n) is 2.43. The van der Waals surface area contributed by atoms with Crippen LogP contribution in [0.1, 0.15) is 36.2 Å². The predicted octanol–water partition coefficient (Wildman–Crippen LogP) is 4.17. The Morgan fingerprint density at radius 1 is 1.16 bits per heavy atom. The summed E-state index contributed by atoms with van der Waals surface area (Å²) < 4.78 is 5.01. The number of aryl methyl sites for hydroxylation is 1. The fourth-order valence-corrected chi connectivity index (χ4v) is 2.75. The fraction of sp³-hybridized carbons (Fsp3) is 0.300. The number of benzene rings is 2. The second-order valence-electron chi connectivity index (χ2n) is 5.83. The van der Waals surface area contributed by atoms with E-state index in [1.807, 2.05) is 12.1 Å². The number of carbonyl (C=O) groups is 1. The number of thiocarbonyl (C=S) groups is 1. The Labute approximate surface area is 154 Å². The molecule has 0 fully saturated rings. The van der Waals surface area contributed by atoms with E-state index in [0.29, 0.717) is 17.3 Å². The topological polar surface area (TPSA) is 50.4 Å². The minimum absolute atomic E-state index is 0.244. The quantitative estimate of drug-likeness (QED) is 0.576. The molecule has 0 amide bonds. The molecule has 4 nitrogen and oxygen atoms in total. The van der Waals surface area contributed by atoms with Gasteiger partial charge in [0.25, 0.3) is 0 Å². The number of anilines is 1. The van der Waals surface area contributed by atoms with Crippen LogP contribution < -0.4 is 10.6 Å². The molecule has 2 aromatic carbocycles. The predicted molar refractivity (Wildman–Crippen MR) is 106 cm³/mol. The van der Waals surface area contributed by atoms with Gasteiger partial charge in [0, 0.05) is 11.7 Å². The first-order valence-electron chi connectivity index (χ1n) is 8.47. The molecule has 0 bridgehead atoms. The first-order valence-corrected chi connectivity index (χ1v) is 8.88. The number of nitrogens with one attached hydrogen (secondary N) is 2. The molecule has 0 unspecified atom stereocenters. The van der Waals surface area contributed by atoms with Crippen LogP contribution in [0.3, 0.4) is 0 Å². The monoisotopic (exact) mass is 356 g/mol. The van der Waals surface area contributed by atoms with E-state index in [2.05, 4.69) is 41.8 Å². The zero-order valence-electron chi connectivity index (χ0n) is 14.6. The molecule has 0 heterocycles. The second-order valence-corrected chi connectivity index (χ2v) is 6.23. The van der Waals surface area contributed by atoms with Crippen LogP contribution in [0.5, 0.6) is 0 Å². The lowest BCUT2D eigenvalue weighted by Gasteiger charge is -2.17. The van der Waals surface area contributed by atoms with Crippen molar-refractivity contribution in [3.63, 3.8) is 0 Å². The highest BCUT2D eigenvalue weighted by Crippen LogP contribution is 2.12. The minimum atomic E-state index is -0.332. The summed E-state index contributed by atoms with van der Waals surface area (Å²) in [6, 6.07) is 17.8. The Balaban J connectivity index is 1.83. The first kappa shape index (κ1) is 18.9. The number of hydrogen-bond acceptors (Lipinski definition) is 3. The summed E-state index contributed by atoms with van der Waals surface area (Å²) in [5.74, 6) is -0.332. The van der Waals surface area contributed by atoms with E-state index < -0.39 is 0 Å². The van der Waals surface area contributed by atoms with Gasteiger partial charge in [0.1, 0.15) is 0 Å². The summed E-state index contributed by atoms with van der Waals surface area (Å²) in [6.07, 6.45) is 1.98. The molecule has 25 heavy (non-hydrogen) atoms. The van der Waals surface area contributed by atoms with Gasteiger partial charge in [-0.1, -0.05) is 36.4 Å². The smallest absolute Gasteiger partial charge is 0.338 e. The van der Waals surface area contributed by atoms with Crippen molar-refractivity contribution >= 4 is 29.0 Å². The zero-order chi connectivity index (χ0) is 18.1. The number of esters is 1. The van der Waals surface area contributed by atoms with Crippen LogP contribution in [0.4, 0.5) is 5.69 Å². The highest BCUT2D eigenvalue weighted by Gasteiger charge is 2.09. The molecular formula is C20H24N2O2S. The van der Waals surface area contributed by atoms with Crippen molar-refractivity contribution in [3.05, 3.63) is 65.7 Å². The van der Waals surface area contributed by atoms with Gasteiger partial charge in [0.05, 0.1) is 12.2 Å². The van der Waals surface area contributed by atoms with E-state index in [4.69, 9.17) is 17.0 Å². The van der Waals surface area contributed by atoms with Crippen molar-refractivity contribution in [3.8, 4) is 0 Å². The van der Waals surface area contributed by atoms with Gasteiger partial charge in [-0.15, -0.1) is 0 Å². The molecule has 2 aromatic rings. The van der Waals surface area contributed by atoms with E-state index in [-0.39, 0.29) is 12.0 Å². The summed E-state index contributed by atoms with van der Waals surface area (Å²) >= 11 is 5.36. The maximum Gasteiger partial charge on any atom is 0.338 e. The average Bonchev–Trinajstić information content (AvgIpc) is 2.61. The third-order valence-corrected chi connectivity index (χ3v) is 3.94. The summed E-state index contributed by atoms with van der Waals surface area (Å²) in [6.45, 7) is 4.25. The van der Waals surface area contributed by atoms with Gasteiger partial charge in [0.15, 0.2) is 5.11 Å². The lowest BCUT2D eigenvalue weighted by atomic mass is 10.1. The van der Waals surface area contributed by atoms with Gasteiger partial charge in [0.2, 0.25) is 0 Å². The van der Waals surface area contributed by atoms with Crippen LogP contribution in [0.15, 0.2) is 54.6 Å². The van der Waals surface area contributed by atoms with Crippen LogP contribution in [0, 0.1) is 0 Å². The first-order chi connectivity index (χ1) is 12.1. The second kappa shape index (κ2) is 9.79. The van der Waals surface area contributed by atoms with Gasteiger partial charge < -0.3 is 15.4 Å². The van der Waals surface area contributed by atoms with Crippen LogP contribution in [-0.4, -0.2) is 23.7 Å². The zero-order valence-corrected chi connectivity index (χ0v) is 15.4. The number of carbonyl (C=O) groups excluding carboxylic acids is 1. The minimum Gasteiger partial charge on any atom is -0.462 e. The Morgan fingerprint density at radius 2 is 1.92 bits per heavy atom. The van der Waals surface area contributed by atoms with Crippen molar-refractivity contribution in [1.82, 2.24) is 5.32 Å². The summed E-state index contributed by atoms with van der Waals surface area (Å²) in [7, 11) is 0. The molecule has 0 saturated carbocycles. The molecule has 132 valence electrons. The molecular weight excluding hydrogens is 332 g/mol. The van der Waals surface area contributed by atoms with Crippen molar-refractivity contribution in [2.24, 2.45) is 0 Å². The maximum atomic E-state index is 11.8. The van der Waals surface area contributed by atoms with Crippen LogP contribution in [0.25, 0.3) is 0 Å². The number of hydrogen-bond donors (Lipinski definition) is 2. The molecule has 1 atom stereocenters. The lowest BCUT2D eigenvalue weighted by molar-refractivity contribution is 0.0526. The summed E-state index contributed by atoms with van der Waals surface area (Å²) in [5, 5.41) is 6.94. The molecule has 0 radical (unpaired) electrons. The molecule has 2 N–H and O–H groups in total. The molecule has 0 aliphatic carbocycles. The Bertz CT molecular complexity index is 704. The Hall–Kier alpha value is -2.40. The molecule has 0 aromatic heterocycles. The largest absolute Gasteiger partial charge is 0.462 e. The average molecular weight is 356 g/mol.